The minimum absolute atomic E-state index is 0.0415. The van der Waals surface area contributed by atoms with Crippen molar-refractivity contribution in [1.82, 2.24) is 0 Å². The summed E-state index contributed by atoms with van der Waals surface area (Å²) in [6.07, 6.45) is 3.51. The maximum absolute atomic E-state index is 11.0. The molecule has 0 aliphatic heterocycles. The molecule has 12 heavy (non-hydrogen) atoms. The van der Waals surface area contributed by atoms with Crippen LogP contribution in [0.2, 0.25) is 0 Å². The van der Waals surface area contributed by atoms with Crippen LogP contribution < -0.4 is 0 Å². The molecular weight excluding hydrogens is 152 g/mol. The van der Waals surface area contributed by atoms with Gasteiger partial charge in [0.25, 0.3) is 0 Å². The van der Waals surface area contributed by atoms with E-state index in [2.05, 4.69) is 0 Å². The van der Waals surface area contributed by atoms with Gasteiger partial charge in [-0.3, -0.25) is 4.79 Å². The fourth-order valence-corrected chi connectivity index (χ4v) is 1.57. The summed E-state index contributed by atoms with van der Waals surface area (Å²) >= 11 is 0. The minimum atomic E-state index is -0.393. The quantitative estimate of drug-likeness (QED) is 0.462. The van der Waals surface area contributed by atoms with Crippen LogP contribution in [0.1, 0.15) is 27.2 Å². The Balaban J connectivity index is 2.87. The first-order valence-corrected chi connectivity index (χ1v) is 4.15. The molecule has 0 bridgehead atoms. The lowest BCUT2D eigenvalue weighted by molar-refractivity contribution is -0.120. The average molecular weight is 166 g/mol. The van der Waals surface area contributed by atoms with Gasteiger partial charge < -0.3 is 4.79 Å². The van der Waals surface area contributed by atoms with E-state index in [-0.39, 0.29) is 11.7 Å². The monoisotopic (exact) mass is 166 g/mol. The summed E-state index contributed by atoms with van der Waals surface area (Å²) in [7, 11) is 0. The van der Waals surface area contributed by atoms with E-state index in [1.807, 2.05) is 19.9 Å². The van der Waals surface area contributed by atoms with E-state index < -0.39 is 5.41 Å². The Hall–Kier alpha value is -0.920. The maximum Gasteiger partial charge on any atom is 0.136 e. The summed E-state index contributed by atoms with van der Waals surface area (Å²) in [5.41, 5.74) is 0.633. The number of ketones is 1. The summed E-state index contributed by atoms with van der Waals surface area (Å²) < 4.78 is 0. The highest BCUT2D eigenvalue weighted by Gasteiger charge is 2.36. The van der Waals surface area contributed by atoms with Crippen LogP contribution in [0.4, 0.5) is 0 Å². The third-order valence-corrected chi connectivity index (χ3v) is 2.78. The zero-order valence-corrected chi connectivity index (χ0v) is 7.76. The lowest BCUT2D eigenvalue weighted by atomic mass is 9.84. The largest absolute Gasteiger partial charge is 0.302 e. The fourth-order valence-electron chi connectivity index (χ4n) is 1.57. The Morgan fingerprint density at radius 2 is 2.33 bits per heavy atom. The van der Waals surface area contributed by atoms with Crippen LogP contribution in [0.3, 0.4) is 0 Å². The molecule has 0 N–H and O–H groups in total. The Labute approximate surface area is 72.7 Å². The lowest BCUT2D eigenvalue weighted by Crippen LogP contribution is -2.18. The fraction of sp³-hybridized carbons (Fsp3) is 0.600. The van der Waals surface area contributed by atoms with Crippen LogP contribution in [0.15, 0.2) is 11.6 Å². The Morgan fingerprint density at radius 3 is 2.58 bits per heavy atom. The summed E-state index contributed by atoms with van der Waals surface area (Å²) in [5.74, 6) is 0.111. The molecule has 0 amide bonds. The highest BCUT2D eigenvalue weighted by atomic mass is 16.1. The molecule has 2 nitrogen and oxygen atoms in total. The van der Waals surface area contributed by atoms with Gasteiger partial charge in [0.05, 0.1) is 0 Å². The molecule has 0 unspecified atom stereocenters. The average Bonchev–Trinajstić information content (AvgIpc) is 2.30. The van der Waals surface area contributed by atoms with Gasteiger partial charge in [0, 0.05) is 11.3 Å². The summed E-state index contributed by atoms with van der Waals surface area (Å²) in [6.45, 7) is 5.37. The predicted molar refractivity (Wildman–Crippen MR) is 46.7 cm³/mol. The third-order valence-electron chi connectivity index (χ3n) is 2.78. The number of allylic oxidation sites excluding steroid dienone is 2. The zero-order valence-electron chi connectivity index (χ0n) is 7.76. The predicted octanol–water partition coefficient (Wildman–Crippen LogP) is 1.75. The first-order chi connectivity index (χ1) is 5.49. The van der Waals surface area contributed by atoms with Crippen LogP contribution in [0, 0.1) is 11.3 Å². The highest BCUT2D eigenvalue weighted by molar-refractivity contribution is 5.83. The molecule has 0 aromatic heterocycles. The van der Waals surface area contributed by atoms with Gasteiger partial charge in [-0.05, 0) is 27.2 Å². The number of carbonyl (C=O) groups is 2. The molecule has 0 radical (unpaired) electrons. The van der Waals surface area contributed by atoms with Crippen molar-refractivity contribution >= 4 is 12.1 Å². The standard InChI is InChI=1S/C10H14O2/c1-7-4-9(8(2)12)5-10(7,3)6-11/h4,6,9H,5H2,1-3H3/t9-,10+/m0/s1. The van der Waals surface area contributed by atoms with E-state index in [4.69, 9.17) is 0 Å². The van der Waals surface area contributed by atoms with Crippen molar-refractivity contribution in [2.45, 2.75) is 27.2 Å². The second-order valence-electron chi connectivity index (χ2n) is 3.81. The molecule has 0 saturated heterocycles. The molecule has 0 spiro atoms. The van der Waals surface area contributed by atoms with E-state index >= 15 is 0 Å². The van der Waals surface area contributed by atoms with E-state index in [1.54, 1.807) is 6.92 Å². The Kier molecular flexibility index (Phi) is 2.18. The minimum Gasteiger partial charge on any atom is -0.302 e. The summed E-state index contributed by atoms with van der Waals surface area (Å²) in [6, 6.07) is 0. The van der Waals surface area contributed by atoms with Crippen molar-refractivity contribution in [3.05, 3.63) is 11.6 Å². The van der Waals surface area contributed by atoms with Crippen molar-refractivity contribution in [2.75, 3.05) is 0 Å². The van der Waals surface area contributed by atoms with Gasteiger partial charge in [0.1, 0.15) is 12.1 Å². The molecular formula is C10H14O2. The number of aldehydes is 1. The van der Waals surface area contributed by atoms with E-state index in [1.165, 1.54) is 0 Å². The SMILES string of the molecule is CC(=O)[C@H]1C=C(C)[C@@](C)(C=O)C1. The van der Waals surface area contributed by atoms with Crippen LogP contribution in [-0.4, -0.2) is 12.1 Å². The van der Waals surface area contributed by atoms with E-state index in [9.17, 15) is 9.59 Å². The molecule has 0 heterocycles. The van der Waals surface area contributed by atoms with Crippen LogP contribution in [-0.2, 0) is 9.59 Å². The number of carbonyl (C=O) groups excluding carboxylic acids is 2. The van der Waals surface area contributed by atoms with Crippen molar-refractivity contribution < 1.29 is 9.59 Å². The van der Waals surface area contributed by atoms with E-state index in [0.717, 1.165) is 11.9 Å². The molecule has 66 valence electrons. The van der Waals surface area contributed by atoms with Crippen molar-refractivity contribution in [1.29, 1.82) is 0 Å². The van der Waals surface area contributed by atoms with E-state index in [0.29, 0.717) is 6.42 Å². The topological polar surface area (TPSA) is 34.1 Å². The molecule has 1 aliphatic rings. The Morgan fingerprint density at radius 1 is 1.75 bits per heavy atom. The van der Waals surface area contributed by atoms with Crippen molar-refractivity contribution in [3.8, 4) is 0 Å². The molecule has 0 aromatic rings. The lowest BCUT2D eigenvalue weighted by Gasteiger charge is -2.18. The van der Waals surface area contributed by atoms with Crippen molar-refractivity contribution in [3.63, 3.8) is 0 Å². The first-order valence-electron chi connectivity index (χ1n) is 4.15. The smallest absolute Gasteiger partial charge is 0.136 e. The number of rotatable bonds is 2. The van der Waals surface area contributed by atoms with Gasteiger partial charge in [-0.2, -0.15) is 0 Å². The van der Waals surface area contributed by atoms with Gasteiger partial charge in [-0.25, -0.2) is 0 Å². The Bertz CT molecular complexity index is 253. The molecule has 0 fully saturated rings. The van der Waals surface area contributed by atoms with Crippen LogP contribution in [0.25, 0.3) is 0 Å². The van der Waals surface area contributed by atoms with Gasteiger partial charge in [0.2, 0.25) is 0 Å². The molecule has 2 heteroatoms. The molecule has 2 atom stereocenters. The second kappa shape index (κ2) is 2.85. The van der Waals surface area contributed by atoms with Gasteiger partial charge in [0.15, 0.2) is 0 Å². The molecule has 1 aliphatic carbocycles. The molecule has 1 rings (SSSR count). The van der Waals surface area contributed by atoms with Crippen molar-refractivity contribution in [2.24, 2.45) is 11.3 Å². The van der Waals surface area contributed by atoms with Gasteiger partial charge >= 0.3 is 0 Å². The summed E-state index contributed by atoms with van der Waals surface area (Å²) in [4.78, 5) is 21.8. The summed E-state index contributed by atoms with van der Waals surface area (Å²) in [5, 5.41) is 0. The number of hydrogen-bond donors (Lipinski definition) is 0. The highest BCUT2D eigenvalue weighted by Crippen LogP contribution is 2.39. The zero-order chi connectivity index (χ0) is 9.35. The number of Topliss-reactive ketones (excluding diaryl/α,β-unsaturated/α-hetero) is 1. The van der Waals surface area contributed by atoms with Gasteiger partial charge in [-0.15, -0.1) is 0 Å². The normalized spacial score (nSPS) is 34.6. The van der Waals surface area contributed by atoms with Crippen LogP contribution >= 0.6 is 0 Å². The molecule has 0 saturated carbocycles. The molecule has 0 aromatic carbocycles. The number of hydrogen-bond acceptors (Lipinski definition) is 2. The van der Waals surface area contributed by atoms with Gasteiger partial charge in [-0.1, -0.05) is 11.6 Å². The third kappa shape index (κ3) is 1.33. The first kappa shape index (κ1) is 9.17. The maximum atomic E-state index is 11.0. The van der Waals surface area contributed by atoms with Crippen LogP contribution in [0.5, 0.6) is 0 Å². The second-order valence-corrected chi connectivity index (χ2v) is 3.81.